The van der Waals surface area contributed by atoms with Crippen LogP contribution >= 0.6 is 34.5 Å². The van der Waals surface area contributed by atoms with Gasteiger partial charge in [-0.1, -0.05) is 12.1 Å². The van der Waals surface area contributed by atoms with Crippen LogP contribution < -0.4 is 4.90 Å². The summed E-state index contributed by atoms with van der Waals surface area (Å²) < 4.78 is 0. The van der Waals surface area contributed by atoms with E-state index in [1.54, 1.807) is 6.20 Å². The Labute approximate surface area is 132 Å². The van der Waals surface area contributed by atoms with Crippen molar-refractivity contribution in [1.82, 2.24) is 4.98 Å². The van der Waals surface area contributed by atoms with Crippen LogP contribution in [-0.4, -0.2) is 36.0 Å². The van der Waals surface area contributed by atoms with Gasteiger partial charge in [0.2, 0.25) is 5.13 Å². The fraction of sp³-hybridized carbons (Fsp3) is 0.286. The first kappa shape index (κ1) is 15.3. The summed E-state index contributed by atoms with van der Waals surface area (Å²) in [7, 11) is 0. The molecule has 0 amide bonds. The van der Waals surface area contributed by atoms with Crippen molar-refractivity contribution in [3.63, 3.8) is 0 Å². The lowest BCUT2D eigenvalue weighted by molar-refractivity contribution is 0.874. The molecule has 0 spiro atoms. The fourth-order valence-corrected chi connectivity index (χ4v) is 2.64. The summed E-state index contributed by atoms with van der Waals surface area (Å²) in [6.07, 6.45) is 3.56. The van der Waals surface area contributed by atoms with Gasteiger partial charge >= 0.3 is 0 Å². The SMILES string of the molecule is ClCCN(CCCl)c1ccc(/C=N/c2nccs2)cc1. The standard InChI is InChI=1S/C14H15Cl2N3S/c15-5-8-19(9-6-16)13-3-1-12(2-4-13)11-18-14-17-7-10-20-14/h1-4,7,10-11H,5-6,8-9H2/b18-11+. The van der Waals surface area contributed by atoms with Crippen molar-refractivity contribution in [2.75, 3.05) is 29.7 Å². The predicted molar refractivity (Wildman–Crippen MR) is 89.5 cm³/mol. The Hall–Kier alpha value is -1.10. The average Bonchev–Trinajstić information content (AvgIpc) is 2.99. The Bertz CT molecular complexity index is 520. The summed E-state index contributed by atoms with van der Waals surface area (Å²) in [6.45, 7) is 1.58. The number of alkyl halides is 2. The summed E-state index contributed by atoms with van der Waals surface area (Å²) >= 11 is 13.1. The quantitative estimate of drug-likeness (QED) is 0.563. The molecule has 106 valence electrons. The minimum absolute atomic E-state index is 0.587. The molecule has 0 bridgehead atoms. The second kappa shape index (κ2) is 8.25. The van der Waals surface area contributed by atoms with Crippen LogP contribution in [0.5, 0.6) is 0 Å². The molecule has 6 heteroatoms. The van der Waals surface area contributed by atoms with Crippen LogP contribution in [0.3, 0.4) is 0 Å². The van der Waals surface area contributed by atoms with Gasteiger partial charge in [-0.25, -0.2) is 9.98 Å². The molecule has 1 heterocycles. The van der Waals surface area contributed by atoms with E-state index in [2.05, 4.69) is 27.0 Å². The van der Waals surface area contributed by atoms with Crippen molar-refractivity contribution in [2.45, 2.75) is 0 Å². The number of aliphatic imine (C=N–C) groups is 1. The van der Waals surface area contributed by atoms with Crippen molar-refractivity contribution in [3.8, 4) is 0 Å². The number of rotatable bonds is 7. The molecule has 1 aromatic heterocycles. The Morgan fingerprint density at radius 1 is 1.15 bits per heavy atom. The van der Waals surface area contributed by atoms with E-state index in [0.717, 1.165) is 29.5 Å². The summed E-state index contributed by atoms with van der Waals surface area (Å²) in [5.74, 6) is 1.17. The van der Waals surface area contributed by atoms with E-state index in [0.29, 0.717) is 11.8 Å². The number of nitrogens with zero attached hydrogens (tertiary/aromatic N) is 3. The fourth-order valence-electron chi connectivity index (χ4n) is 1.75. The van der Waals surface area contributed by atoms with Crippen molar-refractivity contribution < 1.29 is 0 Å². The summed E-state index contributed by atoms with van der Waals surface area (Å²) in [6, 6.07) is 8.18. The maximum absolute atomic E-state index is 5.81. The van der Waals surface area contributed by atoms with Crippen LogP contribution in [0.1, 0.15) is 5.56 Å². The third-order valence-electron chi connectivity index (χ3n) is 2.71. The molecule has 0 radical (unpaired) electrons. The van der Waals surface area contributed by atoms with Crippen LogP contribution in [0.2, 0.25) is 0 Å². The normalized spacial score (nSPS) is 11.1. The maximum Gasteiger partial charge on any atom is 0.208 e. The molecule has 0 aliphatic heterocycles. The summed E-state index contributed by atoms with van der Waals surface area (Å²) in [5, 5.41) is 2.67. The Morgan fingerprint density at radius 2 is 1.85 bits per heavy atom. The van der Waals surface area contributed by atoms with Gasteiger partial charge in [0.15, 0.2) is 0 Å². The van der Waals surface area contributed by atoms with Crippen LogP contribution in [0, 0.1) is 0 Å². The number of aromatic nitrogens is 1. The Morgan fingerprint density at radius 3 is 2.40 bits per heavy atom. The third kappa shape index (κ3) is 4.47. The third-order valence-corrected chi connectivity index (χ3v) is 3.73. The number of anilines is 1. The van der Waals surface area contributed by atoms with E-state index in [4.69, 9.17) is 23.2 Å². The van der Waals surface area contributed by atoms with Crippen molar-refractivity contribution in [2.24, 2.45) is 4.99 Å². The Balaban J connectivity index is 2.05. The minimum Gasteiger partial charge on any atom is -0.369 e. The molecule has 0 aliphatic carbocycles. The number of halogens is 2. The molecular weight excluding hydrogens is 313 g/mol. The zero-order chi connectivity index (χ0) is 14.2. The molecule has 0 atom stereocenters. The topological polar surface area (TPSA) is 28.5 Å². The number of thiazole rings is 1. The van der Waals surface area contributed by atoms with Gasteiger partial charge in [-0.05, 0) is 17.7 Å². The van der Waals surface area contributed by atoms with Crippen LogP contribution in [0.15, 0.2) is 40.8 Å². The highest BCUT2D eigenvalue weighted by atomic mass is 35.5. The molecule has 20 heavy (non-hydrogen) atoms. The molecule has 0 unspecified atom stereocenters. The molecule has 1 aromatic carbocycles. The van der Waals surface area contributed by atoms with Gasteiger partial charge in [0, 0.05) is 48.3 Å². The second-order valence-corrected chi connectivity index (χ2v) is 5.66. The highest BCUT2D eigenvalue weighted by Crippen LogP contribution is 2.17. The van der Waals surface area contributed by atoms with Crippen LogP contribution in [0.4, 0.5) is 10.8 Å². The van der Waals surface area contributed by atoms with Crippen LogP contribution in [0.25, 0.3) is 0 Å². The maximum atomic E-state index is 5.81. The van der Waals surface area contributed by atoms with E-state index in [1.165, 1.54) is 11.3 Å². The van der Waals surface area contributed by atoms with Gasteiger partial charge in [0.1, 0.15) is 0 Å². The predicted octanol–water partition coefficient (Wildman–Crippen LogP) is 4.18. The summed E-state index contributed by atoms with van der Waals surface area (Å²) in [4.78, 5) is 10.6. The van der Waals surface area contributed by atoms with Gasteiger partial charge in [-0.2, -0.15) is 0 Å². The lowest BCUT2D eigenvalue weighted by atomic mass is 10.2. The first-order chi connectivity index (χ1) is 9.83. The van der Waals surface area contributed by atoms with Crippen LogP contribution in [-0.2, 0) is 0 Å². The number of hydrogen-bond acceptors (Lipinski definition) is 4. The van der Waals surface area contributed by atoms with Gasteiger partial charge < -0.3 is 4.90 Å². The van der Waals surface area contributed by atoms with E-state index in [-0.39, 0.29) is 0 Å². The first-order valence-electron chi connectivity index (χ1n) is 6.24. The van der Waals surface area contributed by atoms with Gasteiger partial charge in [-0.15, -0.1) is 34.5 Å². The molecule has 2 aromatic rings. The highest BCUT2D eigenvalue weighted by Gasteiger charge is 2.04. The minimum atomic E-state index is 0.587. The Kier molecular flexibility index (Phi) is 6.30. The smallest absolute Gasteiger partial charge is 0.208 e. The lowest BCUT2D eigenvalue weighted by Crippen LogP contribution is -2.27. The number of benzene rings is 1. The summed E-state index contributed by atoms with van der Waals surface area (Å²) in [5.41, 5.74) is 2.17. The molecule has 0 saturated heterocycles. The molecule has 3 nitrogen and oxygen atoms in total. The molecule has 0 saturated carbocycles. The molecule has 0 fully saturated rings. The van der Waals surface area contributed by atoms with E-state index in [9.17, 15) is 0 Å². The van der Waals surface area contributed by atoms with Crippen molar-refractivity contribution >= 4 is 51.6 Å². The van der Waals surface area contributed by atoms with E-state index >= 15 is 0 Å². The largest absolute Gasteiger partial charge is 0.369 e. The molecule has 0 N–H and O–H groups in total. The zero-order valence-electron chi connectivity index (χ0n) is 10.9. The molecular formula is C14H15Cl2N3S. The van der Waals surface area contributed by atoms with Gasteiger partial charge in [-0.3, -0.25) is 0 Å². The molecule has 2 rings (SSSR count). The van der Waals surface area contributed by atoms with Crippen molar-refractivity contribution in [1.29, 1.82) is 0 Å². The lowest BCUT2D eigenvalue weighted by Gasteiger charge is -2.22. The van der Waals surface area contributed by atoms with E-state index in [1.807, 2.05) is 23.7 Å². The van der Waals surface area contributed by atoms with Gasteiger partial charge in [0.25, 0.3) is 0 Å². The number of hydrogen-bond donors (Lipinski definition) is 0. The molecule has 0 aliphatic rings. The van der Waals surface area contributed by atoms with Gasteiger partial charge in [0.05, 0.1) is 0 Å². The second-order valence-electron chi connectivity index (χ2n) is 4.03. The average molecular weight is 328 g/mol. The van der Waals surface area contributed by atoms with Crippen molar-refractivity contribution in [3.05, 3.63) is 41.4 Å². The highest BCUT2D eigenvalue weighted by molar-refractivity contribution is 7.13. The van der Waals surface area contributed by atoms with E-state index < -0.39 is 0 Å². The zero-order valence-corrected chi connectivity index (χ0v) is 13.2. The monoisotopic (exact) mass is 327 g/mol. The first-order valence-corrected chi connectivity index (χ1v) is 8.19.